The molecule has 4 bridgehead atoms. The van der Waals surface area contributed by atoms with Crippen molar-refractivity contribution in [3.63, 3.8) is 0 Å². The zero-order valence-corrected chi connectivity index (χ0v) is 16.3. The van der Waals surface area contributed by atoms with Crippen LogP contribution in [0.2, 0.25) is 0 Å². The van der Waals surface area contributed by atoms with Crippen molar-refractivity contribution < 1.29 is 5.11 Å². The molecule has 4 saturated carbocycles. The highest BCUT2D eigenvalue weighted by Crippen LogP contribution is 2.58. The third-order valence-corrected chi connectivity index (χ3v) is 7.72. The van der Waals surface area contributed by atoms with E-state index in [4.69, 9.17) is 4.99 Å². The lowest BCUT2D eigenvalue weighted by Crippen LogP contribution is -2.65. The van der Waals surface area contributed by atoms with Crippen LogP contribution in [-0.4, -0.2) is 40.7 Å². The largest absolute Gasteiger partial charge is 0.389 e. The second-order valence-electron chi connectivity index (χ2n) is 9.72. The van der Waals surface area contributed by atoms with E-state index in [-0.39, 0.29) is 11.6 Å². The normalized spacial score (nSPS) is 36.6. The maximum atomic E-state index is 10.5. The van der Waals surface area contributed by atoms with Gasteiger partial charge >= 0.3 is 0 Å². The summed E-state index contributed by atoms with van der Waals surface area (Å²) in [7, 11) is 0. The minimum Gasteiger partial charge on any atom is -0.389 e. The zero-order chi connectivity index (χ0) is 18.7. The first-order chi connectivity index (χ1) is 13.7. The minimum absolute atomic E-state index is 0.201. The Hall–Kier alpha value is -2.07. The molecular weight excluding hydrogens is 346 g/mol. The number of fused-ring (bicyclic) bond motifs is 1. The summed E-state index contributed by atoms with van der Waals surface area (Å²) in [5, 5.41) is 16.6. The molecule has 4 fully saturated rings. The van der Waals surface area contributed by atoms with Crippen molar-refractivity contribution in [2.75, 3.05) is 18.4 Å². The van der Waals surface area contributed by atoms with Gasteiger partial charge in [0.15, 0.2) is 5.96 Å². The molecule has 4 nitrogen and oxygen atoms in total. The van der Waals surface area contributed by atoms with Crippen LogP contribution in [0.3, 0.4) is 0 Å². The van der Waals surface area contributed by atoms with Crippen LogP contribution in [0.25, 0.3) is 10.8 Å². The molecule has 7 rings (SSSR count). The highest BCUT2D eigenvalue weighted by molar-refractivity contribution is 6.03. The van der Waals surface area contributed by atoms with Gasteiger partial charge in [0.25, 0.3) is 0 Å². The summed E-state index contributed by atoms with van der Waals surface area (Å²) < 4.78 is 0. The summed E-state index contributed by atoms with van der Waals surface area (Å²) in [4.78, 5) is 7.31. The number of aliphatic hydroxyl groups excluding tert-OH is 1. The predicted molar refractivity (Wildman–Crippen MR) is 113 cm³/mol. The third-order valence-electron chi connectivity index (χ3n) is 7.72. The number of hydrogen-bond acceptors (Lipinski definition) is 4. The molecule has 1 unspecified atom stereocenters. The summed E-state index contributed by atoms with van der Waals surface area (Å²) in [5.74, 6) is 3.61. The second-order valence-corrected chi connectivity index (χ2v) is 9.72. The lowest BCUT2D eigenvalue weighted by molar-refractivity contribution is -0.0730. The number of aliphatic imine (C=N–C) groups is 1. The standard InChI is InChI=1S/C24H29N3O/c28-20-14-25-23(26-22-7-3-5-19-4-1-2-6-21(19)22)27(15-20)24-11-16-8-17(12-24)10-18(9-16)13-24/h1-7,16-18,20,28H,8-15H2,(H,25,26). The Morgan fingerprint density at radius 1 is 0.929 bits per heavy atom. The van der Waals surface area contributed by atoms with Crippen LogP contribution in [0.5, 0.6) is 0 Å². The van der Waals surface area contributed by atoms with E-state index < -0.39 is 0 Å². The van der Waals surface area contributed by atoms with Crippen molar-refractivity contribution in [2.24, 2.45) is 22.7 Å². The van der Waals surface area contributed by atoms with Crippen molar-refractivity contribution in [3.8, 4) is 0 Å². The molecule has 146 valence electrons. The van der Waals surface area contributed by atoms with Gasteiger partial charge in [-0.05, 0) is 67.7 Å². The van der Waals surface area contributed by atoms with E-state index in [9.17, 15) is 5.11 Å². The smallest absolute Gasteiger partial charge is 0.199 e. The fourth-order valence-electron chi connectivity index (χ4n) is 7.01. The molecule has 4 aliphatic carbocycles. The van der Waals surface area contributed by atoms with E-state index in [1.807, 2.05) is 0 Å². The first-order valence-corrected chi connectivity index (χ1v) is 10.9. The Balaban J connectivity index is 1.37. The van der Waals surface area contributed by atoms with Crippen molar-refractivity contribution >= 4 is 22.4 Å². The van der Waals surface area contributed by atoms with Crippen molar-refractivity contribution in [1.29, 1.82) is 0 Å². The van der Waals surface area contributed by atoms with Crippen LogP contribution in [0.15, 0.2) is 47.5 Å². The molecule has 0 spiro atoms. The average Bonchev–Trinajstić information content (AvgIpc) is 2.68. The number of guanidine groups is 1. The SMILES string of the molecule is OC1CN=C(Nc2cccc3ccccc23)N(C23CC4CC(CC(C4)C2)C3)C1. The maximum absolute atomic E-state index is 10.5. The Kier molecular flexibility index (Phi) is 3.74. The molecule has 1 aliphatic heterocycles. The third kappa shape index (κ3) is 2.65. The van der Waals surface area contributed by atoms with Gasteiger partial charge in [0.05, 0.1) is 12.6 Å². The fraction of sp³-hybridized carbons (Fsp3) is 0.542. The van der Waals surface area contributed by atoms with Crippen molar-refractivity contribution in [3.05, 3.63) is 42.5 Å². The lowest BCUT2D eigenvalue weighted by Gasteiger charge is -2.61. The van der Waals surface area contributed by atoms with Crippen LogP contribution in [0.1, 0.15) is 38.5 Å². The molecule has 0 aromatic heterocycles. The molecule has 0 amide bonds. The summed E-state index contributed by atoms with van der Waals surface area (Å²) in [6.07, 6.45) is 7.77. The van der Waals surface area contributed by atoms with Gasteiger partial charge < -0.3 is 15.3 Å². The maximum Gasteiger partial charge on any atom is 0.199 e. The molecule has 5 aliphatic rings. The Bertz CT molecular complexity index is 896. The van der Waals surface area contributed by atoms with E-state index in [2.05, 4.69) is 52.7 Å². The van der Waals surface area contributed by atoms with E-state index >= 15 is 0 Å². The first kappa shape index (κ1) is 16.8. The molecule has 2 aromatic carbocycles. The molecule has 0 radical (unpaired) electrons. The number of benzene rings is 2. The van der Waals surface area contributed by atoms with Crippen LogP contribution in [0, 0.1) is 17.8 Å². The van der Waals surface area contributed by atoms with E-state index in [1.165, 1.54) is 49.3 Å². The Morgan fingerprint density at radius 3 is 2.36 bits per heavy atom. The van der Waals surface area contributed by atoms with E-state index in [0.717, 1.165) is 29.4 Å². The average molecular weight is 376 g/mol. The fourth-order valence-corrected chi connectivity index (χ4v) is 7.01. The first-order valence-electron chi connectivity index (χ1n) is 10.9. The van der Waals surface area contributed by atoms with Gasteiger partial charge in [-0.3, -0.25) is 4.99 Å². The number of β-amino-alcohol motifs (C(OH)–C–C–N with tert-alkyl or cyclic N) is 1. The van der Waals surface area contributed by atoms with Crippen LogP contribution < -0.4 is 5.32 Å². The van der Waals surface area contributed by atoms with Gasteiger partial charge in [0.1, 0.15) is 0 Å². The number of nitrogens with zero attached hydrogens (tertiary/aromatic N) is 2. The van der Waals surface area contributed by atoms with E-state index in [0.29, 0.717) is 13.1 Å². The van der Waals surface area contributed by atoms with Gasteiger partial charge in [0, 0.05) is 23.2 Å². The van der Waals surface area contributed by atoms with Crippen LogP contribution in [-0.2, 0) is 0 Å². The molecule has 28 heavy (non-hydrogen) atoms. The lowest BCUT2D eigenvalue weighted by atomic mass is 9.52. The number of rotatable bonds is 2. The van der Waals surface area contributed by atoms with Gasteiger partial charge in [0.2, 0.25) is 0 Å². The summed E-state index contributed by atoms with van der Waals surface area (Å²) in [5.41, 5.74) is 1.31. The number of hydrogen-bond donors (Lipinski definition) is 2. The number of nitrogens with one attached hydrogen (secondary N) is 1. The molecule has 2 N–H and O–H groups in total. The Morgan fingerprint density at radius 2 is 1.61 bits per heavy atom. The molecule has 4 heteroatoms. The highest BCUT2D eigenvalue weighted by atomic mass is 16.3. The Labute approximate surface area is 166 Å². The van der Waals surface area contributed by atoms with Crippen molar-refractivity contribution in [1.82, 2.24) is 4.90 Å². The molecule has 2 aromatic rings. The van der Waals surface area contributed by atoms with E-state index in [1.54, 1.807) is 0 Å². The van der Waals surface area contributed by atoms with Gasteiger partial charge in [-0.1, -0.05) is 36.4 Å². The minimum atomic E-state index is -0.355. The monoisotopic (exact) mass is 375 g/mol. The van der Waals surface area contributed by atoms with Gasteiger partial charge in [-0.2, -0.15) is 0 Å². The van der Waals surface area contributed by atoms with Gasteiger partial charge in [-0.15, -0.1) is 0 Å². The number of anilines is 1. The predicted octanol–water partition coefficient (Wildman–Crippen LogP) is 4.25. The summed E-state index contributed by atoms with van der Waals surface area (Å²) in [6.45, 7) is 1.21. The van der Waals surface area contributed by atoms with Crippen LogP contribution in [0.4, 0.5) is 5.69 Å². The van der Waals surface area contributed by atoms with Gasteiger partial charge in [-0.25, -0.2) is 0 Å². The second kappa shape index (κ2) is 6.21. The zero-order valence-electron chi connectivity index (χ0n) is 16.3. The molecule has 0 saturated heterocycles. The quantitative estimate of drug-likeness (QED) is 0.825. The molecule has 1 atom stereocenters. The summed E-state index contributed by atoms with van der Waals surface area (Å²) >= 11 is 0. The molecular formula is C24H29N3O. The highest BCUT2D eigenvalue weighted by Gasteiger charge is 2.55. The topological polar surface area (TPSA) is 47.9 Å². The number of aliphatic hydroxyl groups is 1. The van der Waals surface area contributed by atoms with Crippen molar-refractivity contribution in [2.45, 2.75) is 50.2 Å². The van der Waals surface area contributed by atoms with Crippen LogP contribution >= 0.6 is 0 Å². The molecule has 1 heterocycles. The summed E-state index contributed by atoms with van der Waals surface area (Å²) in [6, 6.07) is 14.9.